The molecule has 0 bridgehead atoms. The van der Waals surface area contributed by atoms with E-state index in [9.17, 15) is 0 Å². The highest BCUT2D eigenvalue weighted by atomic mass is 16.5. The summed E-state index contributed by atoms with van der Waals surface area (Å²) in [6, 6.07) is 6.30. The molecule has 0 radical (unpaired) electrons. The number of hydrogen-bond acceptors (Lipinski definition) is 3. The first-order valence-corrected chi connectivity index (χ1v) is 6.23. The molecule has 0 atom stereocenters. The van der Waals surface area contributed by atoms with Crippen molar-refractivity contribution in [3.05, 3.63) is 23.8 Å². The fourth-order valence-corrected chi connectivity index (χ4v) is 1.71. The van der Waals surface area contributed by atoms with Crippen LogP contribution in [0.4, 0.5) is 5.69 Å². The molecule has 0 saturated heterocycles. The lowest BCUT2D eigenvalue weighted by Crippen LogP contribution is -2.21. The van der Waals surface area contributed by atoms with Crippen LogP contribution in [0, 0.1) is 6.92 Å². The summed E-state index contributed by atoms with van der Waals surface area (Å²) in [4.78, 5) is 2.22. The molecule has 96 valence electrons. The van der Waals surface area contributed by atoms with Crippen LogP contribution in [-0.4, -0.2) is 26.2 Å². The van der Waals surface area contributed by atoms with Crippen molar-refractivity contribution in [1.29, 1.82) is 0 Å². The molecule has 0 heterocycles. The first-order valence-electron chi connectivity index (χ1n) is 6.23. The van der Waals surface area contributed by atoms with Crippen molar-refractivity contribution in [1.82, 2.24) is 0 Å². The molecule has 0 aliphatic carbocycles. The molecule has 1 aromatic carbocycles. The number of ether oxygens (including phenoxy) is 1. The summed E-state index contributed by atoms with van der Waals surface area (Å²) in [5.41, 5.74) is 7.91. The van der Waals surface area contributed by atoms with E-state index in [4.69, 9.17) is 10.5 Å². The average molecular weight is 236 g/mol. The van der Waals surface area contributed by atoms with Crippen LogP contribution in [0.2, 0.25) is 0 Å². The second-order valence-electron chi connectivity index (χ2n) is 4.68. The van der Waals surface area contributed by atoms with Gasteiger partial charge in [-0.1, -0.05) is 0 Å². The number of rotatable bonds is 6. The zero-order valence-electron chi connectivity index (χ0n) is 11.4. The number of nitrogens with two attached hydrogens (primary N) is 1. The number of benzene rings is 1. The molecule has 0 unspecified atom stereocenters. The lowest BCUT2D eigenvalue weighted by molar-refractivity contribution is 0.241. The van der Waals surface area contributed by atoms with E-state index in [2.05, 4.69) is 31.0 Å². The van der Waals surface area contributed by atoms with E-state index in [0.717, 1.165) is 25.3 Å². The summed E-state index contributed by atoms with van der Waals surface area (Å²) in [5.74, 6) is 0.968. The summed E-state index contributed by atoms with van der Waals surface area (Å²) >= 11 is 0. The van der Waals surface area contributed by atoms with Crippen molar-refractivity contribution in [3.8, 4) is 5.75 Å². The Morgan fingerprint density at radius 2 is 2.06 bits per heavy atom. The molecule has 17 heavy (non-hydrogen) atoms. The topological polar surface area (TPSA) is 38.5 Å². The van der Waals surface area contributed by atoms with Gasteiger partial charge in [-0.3, -0.25) is 0 Å². The van der Waals surface area contributed by atoms with E-state index in [-0.39, 0.29) is 6.10 Å². The molecule has 0 aliphatic rings. The third kappa shape index (κ3) is 4.27. The van der Waals surface area contributed by atoms with Gasteiger partial charge in [0.25, 0.3) is 0 Å². The van der Waals surface area contributed by atoms with Crippen molar-refractivity contribution in [2.24, 2.45) is 5.73 Å². The van der Waals surface area contributed by atoms with E-state index in [1.54, 1.807) is 0 Å². The van der Waals surface area contributed by atoms with Crippen molar-refractivity contribution in [3.63, 3.8) is 0 Å². The minimum absolute atomic E-state index is 0.217. The maximum atomic E-state index is 5.72. The third-order valence-corrected chi connectivity index (χ3v) is 2.66. The summed E-state index contributed by atoms with van der Waals surface area (Å²) in [5, 5.41) is 0. The van der Waals surface area contributed by atoms with Gasteiger partial charge in [0.1, 0.15) is 5.75 Å². The van der Waals surface area contributed by atoms with E-state index in [1.807, 2.05) is 19.9 Å². The van der Waals surface area contributed by atoms with Crippen LogP contribution in [-0.2, 0) is 0 Å². The highest BCUT2D eigenvalue weighted by molar-refractivity contribution is 5.52. The maximum absolute atomic E-state index is 5.72. The van der Waals surface area contributed by atoms with Gasteiger partial charge in [0.2, 0.25) is 0 Å². The van der Waals surface area contributed by atoms with Gasteiger partial charge in [-0.2, -0.15) is 0 Å². The van der Waals surface area contributed by atoms with Gasteiger partial charge >= 0.3 is 0 Å². The third-order valence-electron chi connectivity index (χ3n) is 2.66. The predicted octanol–water partition coefficient (Wildman–Crippen LogP) is 2.57. The average Bonchev–Trinajstić information content (AvgIpc) is 2.28. The Hall–Kier alpha value is -1.22. The second kappa shape index (κ2) is 6.50. The number of nitrogens with zero attached hydrogens (tertiary/aromatic N) is 1. The van der Waals surface area contributed by atoms with Crippen LogP contribution >= 0.6 is 0 Å². The molecule has 0 aromatic heterocycles. The molecular weight excluding hydrogens is 212 g/mol. The lowest BCUT2D eigenvalue weighted by Gasteiger charge is -2.21. The Morgan fingerprint density at radius 3 is 2.59 bits per heavy atom. The fraction of sp³-hybridized carbons (Fsp3) is 0.571. The number of aryl methyl sites for hydroxylation is 1. The molecule has 3 nitrogen and oxygen atoms in total. The largest absolute Gasteiger partial charge is 0.491 e. The zero-order chi connectivity index (χ0) is 12.8. The molecule has 0 saturated carbocycles. The minimum Gasteiger partial charge on any atom is -0.491 e. The summed E-state index contributed by atoms with van der Waals surface area (Å²) in [6.07, 6.45) is 1.23. The molecule has 0 aliphatic heterocycles. The summed E-state index contributed by atoms with van der Waals surface area (Å²) < 4.78 is 5.72. The Morgan fingerprint density at radius 1 is 1.35 bits per heavy atom. The van der Waals surface area contributed by atoms with E-state index >= 15 is 0 Å². The number of anilines is 1. The predicted molar refractivity (Wildman–Crippen MR) is 73.9 cm³/mol. The molecule has 1 rings (SSSR count). The minimum atomic E-state index is 0.217. The zero-order valence-corrected chi connectivity index (χ0v) is 11.4. The monoisotopic (exact) mass is 236 g/mol. The summed E-state index contributed by atoms with van der Waals surface area (Å²) in [6.45, 7) is 7.89. The van der Waals surface area contributed by atoms with Crippen molar-refractivity contribution >= 4 is 5.69 Å². The van der Waals surface area contributed by atoms with E-state index < -0.39 is 0 Å². The Labute approximate surface area is 105 Å². The van der Waals surface area contributed by atoms with Gasteiger partial charge in [0, 0.05) is 19.3 Å². The van der Waals surface area contributed by atoms with Gasteiger partial charge in [0.05, 0.1) is 6.10 Å². The fourth-order valence-electron chi connectivity index (χ4n) is 1.71. The molecular formula is C14H24N2O. The summed E-state index contributed by atoms with van der Waals surface area (Å²) in [7, 11) is 2.09. The van der Waals surface area contributed by atoms with Crippen LogP contribution in [0.25, 0.3) is 0 Å². The van der Waals surface area contributed by atoms with Crippen LogP contribution < -0.4 is 15.4 Å². The van der Waals surface area contributed by atoms with Gasteiger partial charge in [-0.05, 0) is 57.5 Å². The van der Waals surface area contributed by atoms with Crippen molar-refractivity contribution in [2.75, 3.05) is 25.0 Å². The first kappa shape index (κ1) is 13.8. The van der Waals surface area contributed by atoms with Crippen LogP contribution in [0.5, 0.6) is 5.75 Å². The van der Waals surface area contributed by atoms with Crippen molar-refractivity contribution < 1.29 is 4.74 Å². The van der Waals surface area contributed by atoms with E-state index in [1.165, 1.54) is 11.3 Å². The first-order chi connectivity index (χ1) is 8.04. The molecule has 0 spiro atoms. The molecule has 0 fully saturated rings. The second-order valence-corrected chi connectivity index (χ2v) is 4.68. The molecule has 2 N–H and O–H groups in total. The number of hydrogen-bond donors (Lipinski definition) is 1. The van der Waals surface area contributed by atoms with E-state index in [0.29, 0.717) is 0 Å². The SMILES string of the molecule is Cc1cc(N(C)CCCN)ccc1OC(C)C. The van der Waals surface area contributed by atoms with Crippen LogP contribution in [0.1, 0.15) is 25.8 Å². The molecule has 3 heteroatoms. The Bertz CT molecular complexity index is 350. The molecule has 0 amide bonds. The maximum Gasteiger partial charge on any atom is 0.122 e. The highest BCUT2D eigenvalue weighted by Crippen LogP contribution is 2.24. The van der Waals surface area contributed by atoms with Gasteiger partial charge in [-0.25, -0.2) is 0 Å². The standard InChI is InChI=1S/C14H24N2O/c1-11(2)17-14-7-6-13(10-12(14)3)16(4)9-5-8-15/h6-7,10-11H,5,8-9,15H2,1-4H3. The normalized spacial score (nSPS) is 10.7. The lowest BCUT2D eigenvalue weighted by atomic mass is 10.2. The molecule has 1 aromatic rings. The Balaban J connectivity index is 2.73. The smallest absolute Gasteiger partial charge is 0.122 e. The quantitative estimate of drug-likeness (QED) is 0.825. The van der Waals surface area contributed by atoms with Gasteiger partial charge in [0.15, 0.2) is 0 Å². The highest BCUT2D eigenvalue weighted by Gasteiger charge is 2.05. The Kier molecular flexibility index (Phi) is 5.29. The van der Waals surface area contributed by atoms with Gasteiger partial charge in [-0.15, -0.1) is 0 Å². The van der Waals surface area contributed by atoms with Crippen LogP contribution in [0.3, 0.4) is 0 Å². The van der Waals surface area contributed by atoms with Gasteiger partial charge < -0.3 is 15.4 Å². The van der Waals surface area contributed by atoms with Crippen molar-refractivity contribution in [2.45, 2.75) is 33.3 Å². The van der Waals surface area contributed by atoms with Crippen LogP contribution in [0.15, 0.2) is 18.2 Å².